The van der Waals surface area contributed by atoms with Crippen molar-refractivity contribution in [2.75, 3.05) is 0 Å². The van der Waals surface area contributed by atoms with Gasteiger partial charge in [0, 0.05) is 16.4 Å². The number of rotatable bonds is 1. The first-order valence-corrected chi connectivity index (χ1v) is 6.48. The Hall–Kier alpha value is 0.170. The molecule has 1 saturated heterocycles. The van der Waals surface area contributed by atoms with Gasteiger partial charge in [-0.25, -0.2) is 0 Å². The van der Waals surface area contributed by atoms with E-state index in [1.54, 1.807) is 0 Å². The van der Waals surface area contributed by atoms with Crippen LogP contribution in [0.2, 0.25) is 0 Å². The smallest absolute Gasteiger partial charge is 0.220 e. The van der Waals surface area contributed by atoms with E-state index in [4.69, 9.17) is 5.73 Å². The Labute approximate surface area is 81.4 Å². The van der Waals surface area contributed by atoms with Gasteiger partial charge < -0.3 is 5.73 Å². The van der Waals surface area contributed by atoms with Gasteiger partial charge in [0.05, 0.1) is 0 Å². The highest BCUT2D eigenvalue weighted by Crippen LogP contribution is 2.40. The van der Waals surface area contributed by atoms with E-state index in [1.807, 2.05) is 21.6 Å². The molecule has 1 aliphatic rings. The van der Waals surface area contributed by atoms with Gasteiger partial charge in [-0.3, -0.25) is 4.79 Å². The van der Waals surface area contributed by atoms with Gasteiger partial charge in [0.1, 0.15) is 0 Å². The molecule has 0 aliphatic carbocycles. The van der Waals surface area contributed by atoms with Gasteiger partial charge in [0.25, 0.3) is 0 Å². The van der Waals surface area contributed by atoms with Gasteiger partial charge in [-0.2, -0.15) is 0 Å². The van der Waals surface area contributed by atoms with Crippen LogP contribution in [0.25, 0.3) is 0 Å². The minimum absolute atomic E-state index is 0.0949. The van der Waals surface area contributed by atoms with Crippen molar-refractivity contribution in [2.45, 2.75) is 37.2 Å². The summed E-state index contributed by atoms with van der Waals surface area (Å²) in [5.41, 5.74) is 5.30. The number of hydrogen-bond acceptors (Lipinski definition) is 3. The summed E-state index contributed by atoms with van der Waals surface area (Å²) in [6.45, 7) is 4.32. The predicted molar refractivity (Wildman–Crippen MR) is 56.0 cm³/mol. The van der Waals surface area contributed by atoms with E-state index in [1.165, 1.54) is 0 Å². The van der Waals surface area contributed by atoms with Crippen molar-refractivity contribution in [3.8, 4) is 0 Å². The van der Waals surface area contributed by atoms with Crippen LogP contribution >= 0.6 is 21.6 Å². The molecule has 1 aliphatic heterocycles. The summed E-state index contributed by atoms with van der Waals surface area (Å²) in [5, 5.41) is 1.11. The van der Waals surface area contributed by atoms with Crippen LogP contribution in [0.3, 0.4) is 0 Å². The van der Waals surface area contributed by atoms with E-state index in [0.717, 1.165) is 12.8 Å². The van der Waals surface area contributed by atoms with E-state index in [0.29, 0.717) is 10.5 Å². The van der Waals surface area contributed by atoms with Crippen molar-refractivity contribution in [2.24, 2.45) is 11.7 Å². The topological polar surface area (TPSA) is 43.1 Å². The lowest BCUT2D eigenvalue weighted by atomic mass is 9.97. The number of primary amides is 1. The second-order valence-electron chi connectivity index (χ2n) is 3.38. The third-order valence-corrected chi connectivity index (χ3v) is 5.48. The van der Waals surface area contributed by atoms with Crippen molar-refractivity contribution in [3.63, 3.8) is 0 Å². The highest BCUT2D eigenvalue weighted by molar-refractivity contribution is 8.77. The molecule has 1 amide bonds. The Bertz CT molecular complexity index is 162. The number of carbonyl (C=O) groups is 1. The van der Waals surface area contributed by atoms with Gasteiger partial charge in [-0.15, -0.1) is 0 Å². The highest BCUT2D eigenvalue weighted by atomic mass is 33.1. The zero-order valence-electron chi connectivity index (χ0n) is 7.45. The third-order valence-electron chi connectivity index (χ3n) is 2.02. The molecule has 1 rings (SSSR count). The lowest BCUT2D eigenvalue weighted by molar-refractivity contribution is -0.122. The predicted octanol–water partition coefficient (Wildman–Crippen LogP) is 2.04. The molecule has 0 saturated carbocycles. The average Bonchev–Trinajstić information content (AvgIpc) is 2.13. The van der Waals surface area contributed by atoms with Crippen LogP contribution in [0, 0.1) is 5.92 Å². The largest absolute Gasteiger partial charge is 0.369 e. The Morgan fingerprint density at radius 1 is 1.25 bits per heavy atom. The normalized spacial score (nSPS) is 37.3. The van der Waals surface area contributed by atoms with Gasteiger partial charge in [0.2, 0.25) is 5.91 Å². The summed E-state index contributed by atoms with van der Waals surface area (Å²) in [6, 6.07) is 0. The number of nitrogens with two attached hydrogens (primary N) is 1. The SMILES string of the molecule is CC1CC(C(N)=O)CC(C)SS1. The Kier molecular flexibility index (Phi) is 3.77. The second-order valence-corrected chi connectivity index (χ2v) is 6.53. The fraction of sp³-hybridized carbons (Fsp3) is 0.875. The van der Waals surface area contributed by atoms with Crippen molar-refractivity contribution in [1.82, 2.24) is 0 Å². The minimum atomic E-state index is -0.128. The number of amides is 1. The summed E-state index contributed by atoms with van der Waals surface area (Å²) >= 11 is 0. The molecule has 0 spiro atoms. The first-order chi connectivity index (χ1) is 5.59. The molecular formula is C8H15NOS2. The van der Waals surface area contributed by atoms with Crippen molar-refractivity contribution in [1.29, 1.82) is 0 Å². The van der Waals surface area contributed by atoms with Gasteiger partial charge in [-0.05, 0) is 12.8 Å². The van der Waals surface area contributed by atoms with Gasteiger partial charge in [0.15, 0.2) is 0 Å². The van der Waals surface area contributed by atoms with E-state index < -0.39 is 0 Å². The average molecular weight is 205 g/mol. The zero-order chi connectivity index (χ0) is 9.14. The molecule has 2 N–H and O–H groups in total. The first kappa shape index (κ1) is 10.3. The molecule has 0 aromatic carbocycles. The van der Waals surface area contributed by atoms with Gasteiger partial charge >= 0.3 is 0 Å². The zero-order valence-corrected chi connectivity index (χ0v) is 9.08. The summed E-state index contributed by atoms with van der Waals surface area (Å²) in [4.78, 5) is 11.0. The minimum Gasteiger partial charge on any atom is -0.369 e. The highest BCUT2D eigenvalue weighted by Gasteiger charge is 2.25. The molecular weight excluding hydrogens is 190 g/mol. The maximum absolute atomic E-state index is 11.0. The Balaban J connectivity index is 2.55. The molecule has 1 fully saturated rings. The summed E-state index contributed by atoms with van der Waals surface area (Å²) in [7, 11) is 3.75. The van der Waals surface area contributed by atoms with Crippen LogP contribution in [-0.2, 0) is 4.79 Å². The molecule has 0 aromatic rings. The molecule has 12 heavy (non-hydrogen) atoms. The Morgan fingerprint density at radius 3 is 2.00 bits per heavy atom. The maximum Gasteiger partial charge on any atom is 0.220 e. The fourth-order valence-corrected chi connectivity index (χ4v) is 4.01. The fourth-order valence-electron chi connectivity index (χ4n) is 1.40. The van der Waals surface area contributed by atoms with Crippen LogP contribution in [0.15, 0.2) is 0 Å². The lowest BCUT2D eigenvalue weighted by Crippen LogP contribution is -2.26. The van der Waals surface area contributed by atoms with Crippen LogP contribution in [0.1, 0.15) is 26.7 Å². The molecule has 0 bridgehead atoms. The van der Waals surface area contributed by atoms with Crippen LogP contribution in [0.5, 0.6) is 0 Å². The summed E-state index contributed by atoms with van der Waals surface area (Å²) in [5.74, 6) is -0.0331. The van der Waals surface area contributed by atoms with Crippen molar-refractivity contribution in [3.05, 3.63) is 0 Å². The van der Waals surface area contributed by atoms with E-state index in [-0.39, 0.29) is 11.8 Å². The van der Waals surface area contributed by atoms with Crippen LogP contribution in [0.4, 0.5) is 0 Å². The quantitative estimate of drug-likeness (QED) is 0.666. The molecule has 0 radical (unpaired) electrons. The molecule has 2 unspecified atom stereocenters. The molecule has 4 heteroatoms. The van der Waals surface area contributed by atoms with Crippen LogP contribution < -0.4 is 5.73 Å². The Morgan fingerprint density at radius 2 is 1.67 bits per heavy atom. The summed E-state index contributed by atoms with van der Waals surface area (Å²) in [6.07, 6.45) is 1.88. The molecule has 2 nitrogen and oxygen atoms in total. The number of hydrogen-bond donors (Lipinski definition) is 1. The molecule has 1 heterocycles. The second kappa shape index (κ2) is 4.42. The third kappa shape index (κ3) is 2.90. The molecule has 2 atom stereocenters. The number of carbonyl (C=O) groups excluding carboxylic acids is 1. The van der Waals surface area contributed by atoms with Crippen LogP contribution in [-0.4, -0.2) is 16.4 Å². The molecule has 0 aromatic heterocycles. The van der Waals surface area contributed by atoms with E-state index >= 15 is 0 Å². The maximum atomic E-state index is 11.0. The van der Waals surface area contributed by atoms with Crippen molar-refractivity contribution >= 4 is 27.5 Å². The van der Waals surface area contributed by atoms with Crippen molar-refractivity contribution < 1.29 is 4.79 Å². The summed E-state index contributed by atoms with van der Waals surface area (Å²) < 4.78 is 0. The lowest BCUT2D eigenvalue weighted by Gasteiger charge is -2.12. The van der Waals surface area contributed by atoms with E-state index in [9.17, 15) is 4.79 Å². The van der Waals surface area contributed by atoms with Gasteiger partial charge in [-0.1, -0.05) is 35.4 Å². The van der Waals surface area contributed by atoms with E-state index in [2.05, 4.69) is 13.8 Å². The monoisotopic (exact) mass is 205 g/mol. The molecule has 70 valence electrons. The first-order valence-electron chi connectivity index (χ1n) is 4.21. The standard InChI is InChI=1S/C8H15NOS2/c1-5-3-7(8(9)10)4-6(2)12-11-5/h5-7H,3-4H2,1-2H3,(H2,9,10).